The minimum absolute atomic E-state index is 0.174. The van der Waals surface area contributed by atoms with Crippen molar-refractivity contribution < 1.29 is 4.39 Å². The Kier molecular flexibility index (Phi) is 3.90. The molecule has 2 atom stereocenters. The molecule has 0 spiro atoms. The Hall–Kier alpha value is -1.19. The third kappa shape index (κ3) is 2.52. The molecular formula is C17H17BrFN. The van der Waals surface area contributed by atoms with Gasteiger partial charge in [-0.3, -0.25) is 0 Å². The average Bonchev–Trinajstić information content (AvgIpc) is 2.43. The number of likely N-dealkylation sites (N-methyl/N-ethyl adjacent to an activating group) is 1. The molecule has 1 aliphatic carbocycles. The smallest absolute Gasteiger partial charge is 0.123 e. The van der Waals surface area contributed by atoms with Crippen LogP contribution < -0.4 is 5.32 Å². The first-order valence-corrected chi connectivity index (χ1v) is 7.67. The van der Waals surface area contributed by atoms with Crippen molar-refractivity contribution in [3.8, 4) is 0 Å². The van der Waals surface area contributed by atoms with Crippen molar-refractivity contribution in [1.82, 2.24) is 5.32 Å². The van der Waals surface area contributed by atoms with Crippen LogP contribution in [0.4, 0.5) is 4.39 Å². The summed E-state index contributed by atoms with van der Waals surface area (Å²) in [5, 5.41) is 3.40. The van der Waals surface area contributed by atoms with Crippen LogP contribution in [-0.4, -0.2) is 13.1 Å². The summed E-state index contributed by atoms with van der Waals surface area (Å²) in [6.07, 6.45) is 1.93. The van der Waals surface area contributed by atoms with E-state index >= 15 is 0 Å². The molecule has 2 unspecified atom stereocenters. The van der Waals surface area contributed by atoms with E-state index in [4.69, 9.17) is 0 Å². The first kappa shape index (κ1) is 13.8. The standard InChI is InChI=1S/C17H17BrFN/c1-20-17(10-12-8-13(19)6-7-16(12)18)15-9-11-4-2-3-5-14(11)15/h2-8,15,17,20H,9-10H2,1H3. The van der Waals surface area contributed by atoms with Gasteiger partial charge in [0.1, 0.15) is 5.82 Å². The van der Waals surface area contributed by atoms with Crippen molar-refractivity contribution >= 4 is 15.9 Å². The molecule has 1 nitrogen and oxygen atoms in total. The van der Waals surface area contributed by atoms with Crippen LogP contribution in [0.1, 0.15) is 22.6 Å². The van der Waals surface area contributed by atoms with Crippen LogP contribution in [0, 0.1) is 5.82 Å². The van der Waals surface area contributed by atoms with Gasteiger partial charge in [0.25, 0.3) is 0 Å². The second-order valence-electron chi connectivity index (χ2n) is 5.34. The molecule has 2 aromatic rings. The maximum Gasteiger partial charge on any atom is 0.123 e. The van der Waals surface area contributed by atoms with E-state index in [-0.39, 0.29) is 5.82 Å². The molecule has 0 saturated carbocycles. The van der Waals surface area contributed by atoms with E-state index in [9.17, 15) is 4.39 Å². The normalized spacial score (nSPS) is 18.2. The van der Waals surface area contributed by atoms with Gasteiger partial charge in [0.2, 0.25) is 0 Å². The lowest BCUT2D eigenvalue weighted by molar-refractivity contribution is 0.421. The van der Waals surface area contributed by atoms with Crippen molar-refractivity contribution in [2.24, 2.45) is 0 Å². The van der Waals surface area contributed by atoms with Crippen LogP contribution in [0.15, 0.2) is 46.9 Å². The minimum Gasteiger partial charge on any atom is -0.316 e. The molecule has 0 aromatic heterocycles. The Balaban J connectivity index is 1.81. The van der Waals surface area contributed by atoms with Crippen molar-refractivity contribution in [2.45, 2.75) is 24.8 Å². The Morgan fingerprint density at radius 2 is 2.10 bits per heavy atom. The number of nitrogens with one attached hydrogen (secondary N) is 1. The second-order valence-corrected chi connectivity index (χ2v) is 6.20. The van der Waals surface area contributed by atoms with Crippen LogP contribution in [0.5, 0.6) is 0 Å². The monoisotopic (exact) mass is 333 g/mol. The van der Waals surface area contributed by atoms with Crippen molar-refractivity contribution in [3.63, 3.8) is 0 Å². The SMILES string of the molecule is CNC(Cc1cc(F)ccc1Br)C1Cc2ccccc21. The minimum atomic E-state index is -0.174. The number of fused-ring (bicyclic) bond motifs is 1. The second kappa shape index (κ2) is 5.66. The molecule has 0 amide bonds. The Morgan fingerprint density at radius 1 is 1.30 bits per heavy atom. The van der Waals surface area contributed by atoms with Gasteiger partial charge in [0, 0.05) is 16.4 Å². The van der Waals surface area contributed by atoms with Gasteiger partial charge in [-0.25, -0.2) is 4.39 Å². The molecule has 1 N–H and O–H groups in total. The van der Waals surface area contributed by atoms with Crippen LogP contribution >= 0.6 is 15.9 Å². The summed E-state index contributed by atoms with van der Waals surface area (Å²) in [5.74, 6) is 0.346. The molecule has 0 fully saturated rings. The summed E-state index contributed by atoms with van der Waals surface area (Å²) in [7, 11) is 1.98. The number of benzene rings is 2. The highest BCUT2D eigenvalue weighted by molar-refractivity contribution is 9.10. The molecule has 0 saturated heterocycles. The highest BCUT2D eigenvalue weighted by Crippen LogP contribution is 2.38. The number of rotatable bonds is 4. The van der Waals surface area contributed by atoms with Gasteiger partial charge in [-0.2, -0.15) is 0 Å². The van der Waals surface area contributed by atoms with Crippen LogP contribution in [0.25, 0.3) is 0 Å². The van der Waals surface area contributed by atoms with E-state index in [2.05, 4.69) is 45.5 Å². The fraction of sp³-hybridized carbons (Fsp3) is 0.294. The summed E-state index contributed by atoms with van der Waals surface area (Å²) in [6, 6.07) is 13.8. The van der Waals surface area contributed by atoms with Crippen LogP contribution in [-0.2, 0) is 12.8 Å². The number of hydrogen-bond acceptors (Lipinski definition) is 1. The molecule has 104 valence electrons. The molecule has 2 aromatic carbocycles. The van der Waals surface area contributed by atoms with Crippen molar-refractivity contribution in [3.05, 3.63) is 69.4 Å². The molecule has 3 heteroatoms. The third-order valence-electron chi connectivity index (χ3n) is 4.20. The topological polar surface area (TPSA) is 12.0 Å². The molecule has 0 bridgehead atoms. The average molecular weight is 334 g/mol. The van der Waals surface area contributed by atoms with Gasteiger partial charge in [-0.15, -0.1) is 0 Å². The fourth-order valence-electron chi connectivity index (χ4n) is 3.04. The number of halogens is 2. The summed E-state index contributed by atoms with van der Waals surface area (Å²) in [6.45, 7) is 0. The van der Waals surface area contributed by atoms with E-state index in [1.54, 1.807) is 12.1 Å². The van der Waals surface area contributed by atoms with Crippen LogP contribution in [0.2, 0.25) is 0 Å². The number of hydrogen-bond donors (Lipinski definition) is 1. The highest BCUT2D eigenvalue weighted by Gasteiger charge is 2.32. The van der Waals surface area contributed by atoms with Crippen molar-refractivity contribution in [2.75, 3.05) is 7.05 Å². The highest BCUT2D eigenvalue weighted by atomic mass is 79.9. The predicted octanol–water partition coefficient (Wildman–Crippen LogP) is 4.06. The molecule has 0 heterocycles. The molecule has 20 heavy (non-hydrogen) atoms. The summed E-state index contributed by atoms with van der Waals surface area (Å²) in [5.41, 5.74) is 3.89. The quantitative estimate of drug-likeness (QED) is 0.889. The van der Waals surface area contributed by atoms with Gasteiger partial charge < -0.3 is 5.32 Å². The van der Waals surface area contributed by atoms with Gasteiger partial charge in [-0.05, 0) is 54.8 Å². The lowest BCUT2D eigenvalue weighted by Crippen LogP contribution is -2.39. The molecule has 0 aliphatic heterocycles. The Bertz CT molecular complexity index is 626. The Morgan fingerprint density at radius 3 is 2.85 bits per heavy atom. The fourth-order valence-corrected chi connectivity index (χ4v) is 3.45. The molecule has 3 rings (SSSR count). The summed E-state index contributed by atoms with van der Waals surface area (Å²) >= 11 is 3.51. The van der Waals surface area contributed by atoms with Gasteiger partial charge in [-0.1, -0.05) is 40.2 Å². The lowest BCUT2D eigenvalue weighted by atomic mass is 9.72. The predicted molar refractivity (Wildman–Crippen MR) is 83.5 cm³/mol. The largest absolute Gasteiger partial charge is 0.316 e. The first-order valence-electron chi connectivity index (χ1n) is 6.88. The van der Waals surface area contributed by atoms with E-state index < -0.39 is 0 Å². The van der Waals surface area contributed by atoms with E-state index in [1.165, 1.54) is 17.2 Å². The summed E-state index contributed by atoms with van der Waals surface area (Å²) < 4.78 is 14.4. The maximum atomic E-state index is 13.4. The van der Waals surface area contributed by atoms with Gasteiger partial charge in [0.05, 0.1) is 0 Å². The van der Waals surface area contributed by atoms with E-state index in [0.717, 1.165) is 22.9 Å². The molecule has 1 aliphatic rings. The zero-order valence-electron chi connectivity index (χ0n) is 11.4. The molecular weight excluding hydrogens is 317 g/mol. The van der Waals surface area contributed by atoms with Crippen molar-refractivity contribution in [1.29, 1.82) is 0 Å². The zero-order chi connectivity index (χ0) is 14.1. The van der Waals surface area contributed by atoms with Gasteiger partial charge in [0.15, 0.2) is 0 Å². The Labute approximate surface area is 127 Å². The third-order valence-corrected chi connectivity index (χ3v) is 4.97. The first-order chi connectivity index (χ1) is 9.69. The van der Waals surface area contributed by atoms with Crippen LogP contribution in [0.3, 0.4) is 0 Å². The van der Waals surface area contributed by atoms with E-state index in [1.807, 2.05) is 7.05 Å². The zero-order valence-corrected chi connectivity index (χ0v) is 13.0. The van der Waals surface area contributed by atoms with E-state index in [0.29, 0.717) is 12.0 Å². The lowest BCUT2D eigenvalue weighted by Gasteiger charge is -2.36. The maximum absolute atomic E-state index is 13.4. The summed E-state index contributed by atoms with van der Waals surface area (Å²) in [4.78, 5) is 0. The molecule has 0 radical (unpaired) electrons. The van der Waals surface area contributed by atoms with Gasteiger partial charge >= 0.3 is 0 Å².